The number of hydrogen-bond donors (Lipinski definition) is 0. The minimum Gasteiger partial charge on any atom is -0.454 e. The molecule has 55 heavy (non-hydrogen) atoms. The molecule has 0 saturated carbocycles. The molecular formula is C52H33NO2. The largest absolute Gasteiger partial charge is 0.454 e. The number of furan rings is 2. The van der Waals surface area contributed by atoms with Crippen molar-refractivity contribution in [2.75, 3.05) is 4.90 Å². The lowest BCUT2D eigenvalue weighted by atomic mass is 9.98. The van der Waals surface area contributed by atoms with Crippen LogP contribution >= 0.6 is 0 Å². The summed E-state index contributed by atoms with van der Waals surface area (Å²) in [5, 5.41) is 6.77. The molecule has 2 aromatic heterocycles. The van der Waals surface area contributed by atoms with Crippen LogP contribution in [0.4, 0.5) is 17.1 Å². The van der Waals surface area contributed by atoms with Gasteiger partial charge in [0.2, 0.25) is 0 Å². The lowest BCUT2D eigenvalue weighted by Gasteiger charge is -2.26. The molecule has 0 spiro atoms. The highest BCUT2D eigenvalue weighted by Gasteiger charge is 2.25. The first-order valence-corrected chi connectivity index (χ1v) is 18.7. The summed E-state index contributed by atoms with van der Waals surface area (Å²) in [6.07, 6.45) is 0. The molecule has 0 atom stereocenters. The number of rotatable bonds is 6. The van der Waals surface area contributed by atoms with Crippen molar-refractivity contribution in [2.45, 2.75) is 0 Å². The molecule has 0 unspecified atom stereocenters. The van der Waals surface area contributed by atoms with Crippen molar-refractivity contribution in [3.63, 3.8) is 0 Å². The quantitative estimate of drug-likeness (QED) is 0.173. The van der Waals surface area contributed by atoms with Gasteiger partial charge in [-0.25, -0.2) is 0 Å². The third-order valence-electron chi connectivity index (χ3n) is 10.9. The Morgan fingerprint density at radius 1 is 0.327 bits per heavy atom. The predicted octanol–water partition coefficient (Wildman–Crippen LogP) is 15.1. The van der Waals surface area contributed by atoms with E-state index in [-0.39, 0.29) is 0 Å². The van der Waals surface area contributed by atoms with Gasteiger partial charge >= 0.3 is 0 Å². The molecule has 0 amide bonds. The van der Waals surface area contributed by atoms with E-state index < -0.39 is 0 Å². The van der Waals surface area contributed by atoms with Gasteiger partial charge in [-0.1, -0.05) is 152 Å². The van der Waals surface area contributed by atoms with Crippen molar-refractivity contribution >= 4 is 71.7 Å². The zero-order chi connectivity index (χ0) is 36.3. The molecule has 0 bridgehead atoms. The van der Waals surface area contributed by atoms with Gasteiger partial charge in [-0.15, -0.1) is 0 Å². The highest BCUT2D eigenvalue weighted by Crippen LogP contribution is 2.48. The Balaban J connectivity index is 1.15. The van der Waals surface area contributed by atoms with Crippen LogP contribution in [0.2, 0.25) is 0 Å². The van der Waals surface area contributed by atoms with Gasteiger partial charge in [-0.05, 0) is 92.7 Å². The van der Waals surface area contributed by atoms with Crippen molar-refractivity contribution in [3.8, 4) is 33.4 Å². The van der Waals surface area contributed by atoms with Crippen molar-refractivity contribution in [2.24, 2.45) is 0 Å². The Bertz CT molecular complexity index is 3190. The molecule has 0 aliphatic heterocycles. The van der Waals surface area contributed by atoms with Crippen molar-refractivity contribution in [1.82, 2.24) is 0 Å². The van der Waals surface area contributed by atoms with Crippen molar-refractivity contribution in [3.05, 3.63) is 200 Å². The Morgan fingerprint density at radius 2 is 0.945 bits per heavy atom. The average molecular weight is 704 g/mol. The van der Waals surface area contributed by atoms with Crippen LogP contribution in [0.15, 0.2) is 209 Å². The van der Waals surface area contributed by atoms with E-state index in [1.807, 2.05) is 12.1 Å². The van der Waals surface area contributed by atoms with Crippen LogP contribution in [0.5, 0.6) is 0 Å². The first kappa shape index (κ1) is 31.2. The average Bonchev–Trinajstić information content (AvgIpc) is 3.84. The number of para-hydroxylation sites is 2. The maximum Gasteiger partial charge on any atom is 0.160 e. The molecule has 3 heteroatoms. The van der Waals surface area contributed by atoms with Crippen LogP contribution < -0.4 is 4.90 Å². The van der Waals surface area contributed by atoms with E-state index in [1.165, 1.54) is 16.3 Å². The monoisotopic (exact) mass is 703 g/mol. The Kier molecular flexibility index (Phi) is 7.17. The second-order valence-corrected chi connectivity index (χ2v) is 14.1. The fourth-order valence-corrected chi connectivity index (χ4v) is 8.20. The van der Waals surface area contributed by atoms with E-state index in [0.29, 0.717) is 0 Å². The number of hydrogen-bond acceptors (Lipinski definition) is 3. The summed E-state index contributed by atoms with van der Waals surface area (Å²) >= 11 is 0. The summed E-state index contributed by atoms with van der Waals surface area (Å²) in [5.74, 6) is 0. The lowest BCUT2D eigenvalue weighted by Crippen LogP contribution is -2.10. The molecule has 2 heterocycles. The fourth-order valence-electron chi connectivity index (χ4n) is 8.20. The van der Waals surface area contributed by atoms with Crippen LogP contribution in [0.3, 0.4) is 0 Å². The summed E-state index contributed by atoms with van der Waals surface area (Å²) < 4.78 is 13.8. The van der Waals surface area contributed by atoms with Gasteiger partial charge < -0.3 is 13.7 Å². The van der Waals surface area contributed by atoms with Crippen molar-refractivity contribution in [1.29, 1.82) is 0 Å². The summed E-state index contributed by atoms with van der Waals surface area (Å²) in [4.78, 5) is 2.30. The van der Waals surface area contributed by atoms with Gasteiger partial charge in [0.1, 0.15) is 11.2 Å². The minimum absolute atomic E-state index is 0.817. The van der Waals surface area contributed by atoms with Crippen LogP contribution in [0, 0.1) is 0 Å². The van der Waals surface area contributed by atoms with Crippen LogP contribution in [0.25, 0.3) is 88.0 Å². The van der Waals surface area contributed by atoms with Crippen LogP contribution in [0.1, 0.15) is 0 Å². The number of anilines is 3. The van der Waals surface area contributed by atoms with Gasteiger partial charge in [-0.2, -0.15) is 0 Å². The van der Waals surface area contributed by atoms with Crippen molar-refractivity contribution < 1.29 is 8.83 Å². The van der Waals surface area contributed by atoms with E-state index in [0.717, 1.165) is 88.8 Å². The SMILES string of the molecule is c1ccc(-c2ccc3c(c2)oc2c(N(c4ccc(-c5ccc6ccccc6c5)cc4)c4ccc(-c5ccccc5)c5c4oc4ccccc45)cccc23)cc1. The summed E-state index contributed by atoms with van der Waals surface area (Å²) in [5.41, 5.74) is 13.1. The molecule has 3 nitrogen and oxygen atoms in total. The van der Waals surface area contributed by atoms with Gasteiger partial charge in [0, 0.05) is 27.2 Å². The van der Waals surface area contributed by atoms with E-state index >= 15 is 0 Å². The van der Waals surface area contributed by atoms with Gasteiger partial charge in [0.05, 0.1) is 11.4 Å². The smallest absolute Gasteiger partial charge is 0.160 e. The summed E-state index contributed by atoms with van der Waals surface area (Å²) in [6.45, 7) is 0. The summed E-state index contributed by atoms with van der Waals surface area (Å²) in [7, 11) is 0. The van der Waals surface area contributed by atoms with Crippen LogP contribution in [-0.2, 0) is 0 Å². The highest BCUT2D eigenvalue weighted by atomic mass is 16.3. The van der Waals surface area contributed by atoms with E-state index in [2.05, 4.69) is 193 Å². The van der Waals surface area contributed by atoms with Gasteiger partial charge in [-0.3, -0.25) is 0 Å². The summed E-state index contributed by atoms with van der Waals surface area (Å²) in [6, 6.07) is 70.8. The third-order valence-corrected chi connectivity index (χ3v) is 10.9. The minimum atomic E-state index is 0.817. The fraction of sp³-hybridized carbons (Fsp3) is 0. The molecule has 9 aromatic carbocycles. The molecule has 11 rings (SSSR count). The second kappa shape index (κ2) is 12.6. The maximum atomic E-state index is 6.90. The number of benzene rings is 9. The third kappa shape index (κ3) is 5.20. The first-order valence-electron chi connectivity index (χ1n) is 18.7. The Labute approximate surface area is 317 Å². The van der Waals surface area contributed by atoms with Gasteiger partial charge in [0.25, 0.3) is 0 Å². The van der Waals surface area contributed by atoms with E-state index in [1.54, 1.807) is 0 Å². The molecule has 0 N–H and O–H groups in total. The molecule has 0 fully saturated rings. The zero-order valence-corrected chi connectivity index (χ0v) is 29.8. The zero-order valence-electron chi connectivity index (χ0n) is 29.8. The van der Waals surface area contributed by atoms with E-state index in [9.17, 15) is 0 Å². The topological polar surface area (TPSA) is 29.5 Å². The molecule has 11 aromatic rings. The van der Waals surface area contributed by atoms with E-state index in [4.69, 9.17) is 8.83 Å². The lowest BCUT2D eigenvalue weighted by molar-refractivity contribution is 0.666. The normalized spacial score (nSPS) is 11.6. The van der Waals surface area contributed by atoms with Crippen LogP contribution in [-0.4, -0.2) is 0 Å². The molecular weight excluding hydrogens is 671 g/mol. The number of nitrogens with zero attached hydrogens (tertiary/aromatic N) is 1. The maximum absolute atomic E-state index is 6.90. The molecule has 0 aliphatic carbocycles. The Morgan fingerprint density at radius 3 is 1.78 bits per heavy atom. The predicted molar refractivity (Wildman–Crippen MR) is 229 cm³/mol. The second-order valence-electron chi connectivity index (χ2n) is 14.1. The number of fused-ring (bicyclic) bond motifs is 7. The molecule has 258 valence electrons. The molecule has 0 saturated heterocycles. The Hall–Kier alpha value is -7.36. The standard InChI is InChI=1S/C52H33NO2/c1-3-12-34(13-4-1)40-26-29-43-44-19-11-20-46(51(44)55-49(43)33-40)53(41-27-24-36(25-28-41)39-23-22-35-14-7-8-17-38(35)32-39)47-31-30-42(37-15-5-2-6-16-37)50-45-18-9-10-21-48(45)54-52(47)50/h1-33H. The molecule has 0 aliphatic rings. The van der Waals surface area contributed by atoms with Gasteiger partial charge in [0.15, 0.2) is 11.2 Å². The highest BCUT2D eigenvalue weighted by molar-refractivity contribution is 6.18. The molecule has 0 radical (unpaired) electrons. The first-order chi connectivity index (χ1) is 27.3.